The minimum Gasteiger partial charge on any atom is -0.391 e. The molecule has 0 aromatic carbocycles. The van der Waals surface area contributed by atoms with Crippen LogP contribution in [0.2, 0.25) is 5.15 Å². The zero-order chi connectivity index (χ0) is 8.43. The monoisotopic (exact) mass is 173 g/mol. The number of pyridine rings is 1. The number of halogens is 1. The molecule has 58 valence electrons. The maximum absolute atomic E-state index is 10.2. The number of anilines is 1. The zero-order valence-electron chi connectivity index (χ0n) is 5.32. The second-order valence-corrected chi connectivity index (χ2v) is 2.15. The lowest BCUT2D eigenvalue weighted by Gasteiger charge is -1.96. The molecule has 1 aromatic rings. The second-order valence-electron chi connectivity index (χ2n) is 1.79. The highest BCUT2D eigenvalue weighted by Crippen LogP contribution is 2.25. The predicted molar refractivity (Wildman–Crippen MR) is 40.3 cm³/mol. The molecule has 0 aliphatic rings. The van der Waals surface area contributed by atoms with Crippen molar-refractivity contribution in [3.63, 3.8) is 0 Å². The molecule has 0 spiro atoms. The number of nitrogens with zero attached hydrogens (tertiary/aromatic N) is 2. The van der Waals surface area contributed by atoms with Crippen molar-refractivity contribution in [2.24, 2.45) is 0 Å². The molecule has 2 N–H and O–H groups in total. The standard InChI is InChI=1S/C5H4ClN3O2/c6-5-4(7)3(9(10)11)1-2-8-5/h1-2H,7H2. The summed E-state index contributed by atoms with van der Waals surface area (Å²) in [5, 5.41) is 10.2. The normalized spacial score (nSPS) is 9.55. The van der Waals surface area contributed by atoms with Crippen molar-refractivity contribution in [1.29, 1.82) is 0 Å². The van der Waals surface area contributed by atoms with Gasteiger partial charge in [-0.05, 0) is 0 Å². The third kappa shape index (κ3) is 1.38. The Morgan fingerprint density at radius 3 is 2.82 bits per heavy atom. The highest BCUT2D eigenvalue weighted by molar-refractivity contribution is 6.32. The van der Waals surface area contributed by atoms with E-state index < -0.39 is 4.92 Å². The van der Waals surface area contributed by atoms with Crippen LogP contribution in [0.4, 0.5) is 11.4 Å². The number of hydrogen-bond acceptors (Lipinski definition) is 4. The lowest BCUT2D eigenvalue weighted by molar-refractivity contribution is -0.383. The number of hydrogen-bond donors (Lipinski definition) is 1. The summed E-state index contributed by atoms with van der Waals surface area (Å²) in [6.45, 7) is 0. The SMILES string of the molecule is Nc1c([N+](=O)[O-])ccnc1Cl. The third-order valence-electron chi connectivity index (χ3n) is 1.12. The molecule has 0 saturated heterocycles. The Morgan fingerprint density at radius 2 is 2.36 bits per heavy atom. The molecule has 5 nitrogen and oxygen atoms in total. The van der Waals surface area contributed by atoms with Gasteiger partial charge in [-0.2, -0.15) is 0 Å². The molecule has 1 heterocycles. The van der Waals surface area contributed by atoms with Crippen LogP contribution in [0.5, 0.6) is 0 Å². The Balaban J connectivity index is 3.27. The van der Waals surface area contributed by atoms with Crippen LogP contribution in [-0.4, -0.2) is 9.91 Å². The maximum Gasteiger partial charge on any atom is 0.296 e. The lowest BCUT2D eigenvalue weighted by Crippen LogP contribution is -1.96. The number of nitro groups is 1. The van der Waals surface area contributed by atoms with Crippen LogP contribution in [0, 0.1) is 10.1 Å². The fourth-order valence-corrected chi connectivity index (χ4v) is 0.751. The molecular weight excluding hydrogens is 170 g/mol. The Morgan fingerprint density at radius 1 is 1.73 bits per heavy atom. The van der Waals surface area contributed by atoms with E-state index in [1.165, 1.54) is 12.3 Å². The van der Waals surface area contributed by atoms with Gasteiger partial charge in [0.15, 0.2) is 5.15 Å². The van der Waals surface area contributed by atoms with Gasteiger partial charge in [-0.1, -0.05) is 11.6 Å². The van der Waals surface area contributed by atoms with Crippen LogP contribution in [0.15, 0.2) is 12.3 Å². The van der Waals surface area contributed by atoms with Gasteiger partial charge < -0.3 is 5.73 Å². The smallest absolute Gasteiger partial charge is 0.296 e. The molecule has 0 unspecified atom stereocenters. The Bertz CT molecular complexity index is 302. The summed E-state index contributed by atoms with van der Waals surface area (Å²) < 4.78 is 0. The van der Waals surface area contributed by atoms with E-state index >= 15 is 0 Å². The van der Waals surface area contributed by atoms with Gasteiger partial charge >= 0.3 is 0 Å². The summed E-state index contributed by atoms with van der Waals surface area (Å²) in [4.78, 5) is 13.2. The van der Waals surface area contributed by atoms with Gasteiger partial charge in [0.2, 0.25) is 0 Å². The van der Waals surface area contributed by atoms with E-state index in [0.29, 0.717) is 0 Å². The number of nitrogens with two attached hydrogens (primary N) is 1. The summed E-state index contributed by atoms with van der Waals surface area (Å²) in [5.41, 5.74) is 4.93. The largest absolute Gasteiger partial charge is 0.391 e. The first-order valence-corrected chi connectivity index (χ1v) is 3.05. The minimum absolute atomic E-state index is 0.0424. The van der Waals surface area contributed by atoms with E-state index in [0.717, 1.165) is 0 Å². The van der Waals surface area contributed by atoms with Gasteiger partial charge in [-0.25, -0.2) is 4.98 Å². The summed E-state index contributed by atoms with van der Waals surface area (Å²) in [6.07, 6.45) is 1.23. The molecule has 0 amide bonds. The number of rotatable bonds is 1. The lowest BCUT2D eigenvalue weighted by atomic mass is 10.4. The van der Waals surface area contributed by atoms with E-state index in [9.17, 15) is 10.1 Å². The van der Waals surface area contributed by atoms with Gasteiger partial charge in [0.05, 0.1) is 4.92 Å². The Hall–Kier alpha value is -1.36. The molecule has 0 atom stereocenters. The van der Waals surface area contributed by atoms with Gasteiger partial charge in [0.25, 0.3) is 5.69 Å². The van der Waals surface area contributed by atoms with Crippen LogP contribution in [0.1, 0.15) is 0 Å². The maximum atomic E-state index is 10.2. The van der Waals surface area contributed by atoms with Gasteiger partial charge in [-0.3, -0.25) is 10.1 Å². The van der Waals surface area contributed by atoms with Gasteiger partial charge in [-0.15, -0.1) is 0 Å². The van der Waals surface area contributed by atoms with Crippen LogP contribution >= 0.6 is 11.6 Å². The summed E-state index contributed by atoms with van der Waals surface area (Å²) in [7, 11) is 0. The summed E-state index contributed by atoms with van der Waals surface area (Å²) >= 11 is 5.42. The first-order valence-electron chi connectivity index (χ1n) is 2.67. The van der Waals surface area contributed by atoms with Crippen molar-refractivity contribution in [1.82, 2.24) is 4.98 Å². The van der Waals surface area contributed by atoms with E-state index in [1.807, 2.05) is 0 Å². The topological polar surface area (TPSA) is 82.0 Å². The van der Waals surface area contributed by atoms with Crippen molar-refractivity contribution in [3.8, 4) is 0 Å². The van der Waals surface area contributed by atoms with Crippen molar-refractivity contribution in [2.75, 3.05) is 5.73 Å². The number of aromatic nitrogens is 1. The molecule has 0 saturated carbocycles. The van der Waals surface area contributed by atoms with Crippen molar-refractivity contribution < 1.29 is 4.92 Å². The van der Waals surface area contributed by atoms with Crippen LogP contribution in [0.25, 0.3) is 0 Å². The fraction of sp³-hybridized carbons (Fsp3) is 0. The van der Waals surface area contributed by atoms with E-state index in [2.05, 4.69) is 4.98 Å². The first-order chi connectivity index (χ1) is 5.13. The average molecular weight is 174 g/mol. The minimum atomic E-state index is -0.608. The second kappa shape index (κ2) is 2.71. The summed E-state index contributed by atoms with van der Waals surface area (Å²) in [5.74, 6) is 0. The summed E-state index contributed by atoms with van der Waals surface area (Å²) in [6, 6.07) is 1.20. The molecule has 0 aliphatic carbocycles. The Labute approximate surface area is 66.9 Å². The molecule has 11 heavy (non-hydrogen) atoms. The van der Waals surface area contributed by atoms with E-state index in [-0.39, 0.29) is 16.5 Å². The van der Waals surface area contributed by atoms with Gasteiger partial charge in [0, 0.05) is 12.3 Å². The van der Waals surface area contributed by atoms with Crippen LogP contribution in [-0.2, 0) is 0 Å². The molecule has 0 aliphatic heterocycles. The van der Waals surface area contributed by atoms with Gasteiger partial charge in [0.1, 0.15) is 5.69 Å². The van der Waals surface area contributed by atoms with Crippen molar-refractivity contribution in [2.45, 2.75) is 0 Å². The Kier molecular flexibility index (Phi) is 1.91. The number of nitrogen functional groups attached to an aromatic ring is 1. The van der Waals surface area contributed by atoms with Crippen molar-refractivity contribution >= 4 is 23.0 Å². The molecular formula is C5H4ClN3O2. The predicted octanol–water partition coefficient (Wildman–Crippen LogP) is 1.23. The third-order valence-corrected chi connectivity index (χ3v) is 1.42. The van der Waals surface area contributed by atoms with E-state index in [1.54, 1.807) is 0 Å². The van der Waals surface area contributed by atoms with E-state index in [4.69, 9.17) is 17.3 Å². The van der Waals surface area contributed by atoms with Crippen LogP contribution in [0.3, 0.4) is 0 Å². The molecule has 1 rings (SSSR count). The molecule has 6 heteroatoms. The zero-order valence-corrected chi connectivity index (χ0v) is 6.08. The average Bonchev–Trinajstić information content (AvgIpc) is 1.94. The molecule has 0 fully saturated rings. The quantitative estimate of drug-likeness (QED) is 0.393. The highest BCUT2D eigenvalue weighted by atomic mass is 35.5. The van der Waals surface area contributed by atoms with Crippen LogP contribution < -0.4 is 5.73 Å². The van der Waals surface area contributed by atoms with Crippen molar-refractivity contribution in [3.05, 3.63) is 27.5 Å². The molecule has 0 radical (unpaired) electrons. The first kappa shape index (κ1) is 7.74. The fourth-order valence-electron chi connectivity index (χ4n) is 0.598. The highest BCUT2D eigenvalue weighted by Gasteiger charge is 2.13. The molecule has 1 aromatic heterocycles. The molecule has 0 bridgehead atoms.